The van der Waals surface area contributed by atoms with E-state index in [2.05, 4.69) is 5.32 Å². The Kier molecular flexibility index (Phi) is 5.64. The largest absolute Gasteiger partial charge is 0.478 e. The van der Waals surface area contributed by atoms with Gasteiger partial charge in [-0.05, 0) is 44.0 Å². The molecule has 1 amide bonds. The summed E-state index contributed by atoms with van der Waals surface area (Å²) in [5.74, 6) is -2.24. The third-order valence-electron chi connectivity index (χ3n) is 2.98. The van der Waals surface area contributed by atoms with E-state index in [1.807, 2.05) is 20.8 Å². The lowest BCUT2D eigenvalue weighted by Crippen LogP contribution is -2.43. The van der Waals surface area contributed by atoms with Crippen molar-refractivity contribution in [3.05, 3.63) is 41.2 Å². The van der Waals surface area contributed by atoms with Gasteiger partial charge in [-0.15, -0.1) is 0 Å². The average Bonchev–Trinajstić information content (AvgIpc) is 2.36. The van der Waals surface area contributed by atoms with Gasteiger partial charge in [0.2, 0.25) is 0 Å². The van der Waals surface area contributed by atoms with Gasteiger partial charge in [0.15, 0.2) is 0 Å². The van der Waals surface area contributed by atoms with Gasteiger partial charge < -0.3 is 10.4 Å². The maximum absolute atomic E-state index is 13.8. The number of nitrogens with one attached hydrogen (secondary N) is 1. The Morgan fingerprint density at radius 1 is 1.38 bits per heavy atom. The van der Waals surface area contributed by atoms with Crippen molar-refractivity contribution < 1.29 is 19.1 Å². The molecular weight excluding hydrogens is 273 g/mol. The van der Waals surface area contributed by atoms with Crippen LogP contribution in [0, 0.1) is 5.82 Å². The van der Waals surface area contributed by atoms with Gasteiger partial charge in [0.1, 0.15) is 5.82 Å². The average molecular weight is 293 g/mol. The predicted octanol–water partition coefficient (Wildman–Crippen LogP) is 3.23. The second kappa shape index (κ2) is 7.02. The van der Waals surface area contributed by atoms with Crippen LogP contribution in [0.5, 0.6) is 0 Å². The summed E-state index contributed by atoms with van der Waals surface area (Å²) in [6.07, 6.45) is 3.93. The highest BCUT2D eigenvalue weighted by Crippen LogP contribution is 2.16. The zero-order valence-electron chi connectivity index (χ0n) is 12.4. The van der Waals surface area contributed by atoms with Gasteiger partial charge in [0.25, 0.3) is 5.91 Å². The summed E-state index contributed by atoms with van der Waals surface area (Å²) in [5.41, 5.74) is -0.0606. The van der Waals surface area contributed by atoms with E-state index in [0.29, 0.717) is 5.56 Å². The van der Waals surface area contributed by atoms with Crippen LogP contribution in [-0.2, 0) is 4.79 Å². The van der Waals surface area contributed by atoms with Crippen LogP contribution in [0.2, 0.25) is 0 Å². The lowest BCUT2D eigenvalue weighted by molar-refractivity contribution is -0.131. The Labute approximate surface area is 123 Å². The number of halogens is 1. The number of aliphatic carboxylic acids is 1. The molecule has 1 rings (SSSR count). The Morgan fingerprint density at radius 2 is 2.05 bits per heavy atom. The molecule has 0 aliphatic carbocycles. The lowest BCUT2D eigenvalue weighted by atomic mass is 9.98. The van der Waals surface area contributed by atoms with Crippen molar-refractivity contribution in [3.63, 3.8) is 0 Å². The molecule has 4 nitrogen and oxygen atoms in total. The fourth-order valence-electron chi connectivity index (χ4n) is 2.05. The van der Waals surface area contributed by atoms with E-state index in [9.17, 15) is 14.0 Å². The van der Waals surface area contributed by atoms with Gasteiger partial charge in [0.05, 0.1) is 5.56 Å². The Balaban J connectivity index is 2.98. The van der Waals surface area contributed by atoms with Crippen LogP contribution in [0.1, 0.15) is 49.5 Å². The molecule has 0 atom stereocenters. The molecule has 1 aromatic rings. The fraction of sp³-hybridized carbons (Fsp3) is 0.375. The zero-order valence-corrected chi connectivity index (χ0v) is 12.4. The SMILES string of the molecule is CCCC(C)(C)NC(=O)c1cc(/C=C/C(=O)O)ccc1F. The van der Waals surface area contributed by atoms with Gasteiger partial charge in [-0.3, -0.25) is 4.79 Å². The summed E-state index contributed by atoms with van der Waals surface area (Å²) >= 11 is 0. The monoisotopic (exact) mass is 293 g/mol. The molecule has 2 N–H and O–H groups in total. The van der Waals surface area contributed by atoms with Crippen molar-refractivity contribution in [2.45, 2.75) is 39.2 Å². The van der Waals surface area contributed by atoms with Crippen molar-refractivity contribution >= 4 is 18.0 Å². The van der Waals surface area contributed by atoms with Crippen LogP contribution in [-0.4, -0.2) is 22.5 Å². The second-order valence-corrected chi connectivity index (χ2v) is 5.50. The maximum atomic E-state index is 13.8. The second-order valence-electron chi connectivity index (χ2n) is 5.50. The quantitative estimate of drug-likeness (QED) is 0.791. The topological polar surface area (TPSA) is 66.4 Å². The summed E-state index contributed by atoms with van der Waals surface area (Å²) in [7, 11) is 0. The van der Waals surface area contributed by atoms with Gasteiger partial charge in [-0.2, -0.15) is 0 Å². The van der Waals surface area contributed by atoms with E-state index in [-0.39, 0.29) is 5.56 Å². The third kappa shape index (κ3) is 5.38. The molecule has 114 valence electrons. The number of carbonyl (C=O) groups excluding carboxylic acids is 1. The first kappa shape index (κ1) is 16.9. The summed E-state index contributed by atoms with van der Waals surface area (Å²) in [5, 5.41) is 11.4. The van der Waals surface area contributed by atoms with E-state index in [1.165, 1.54) is 18.2 Å². The minimum absolute atomic E-state index is 0.0910. The van der Waals surface area contributed by atoms with Crippen molar-refractivity contribution in [2.75, 3.05) is 0 Å². The molecule has 0 fully saturated rings. The number of carboxylic acids is 1. The minimum Gasteiger partial charge on any atom is -0.478 e. The first-order valence-corrected chi connectivity index (χ1v) is 6.78. The fourth-order valence-corrected chi connectivity index (χ4v) is 2.05. The van der Waals surface area contributed by atoms with Gasteiger partial charge in [0, 0.05) is 11.6 Å². The molecule has 0 aliphatic heterocycles. The highest BCUT2D eigenvalue weighted by Gasteiger charge is 2.22. The van der Waals surface area contributed by atoms with Crippen LogP contribution in [0.15, 0.2) is 24.3 Å². The summed E-state index contributed by atoms with van der Waals surface area (Å²) in [6.45, 7) is 5.76. The van der Waals surface area contributed by atoms with Crippen LogP contribution < -0.4 is 5.32 Å². The highest BCUT2D eigenvalue weighted by atomic mass is 19.1. The first-order chi connectivity index (χ1) is 9.75. The molecule has 5 heteroatoms. The molecule has 0 spiro atoms. The lowest BCUT2D eigenvalue weighted by Gasteiger charge is -2.25. The van der Waals surface area contributed by atoms with E-state index >= 15 is 0 Å². The summed E-state index contributed by atoms with van der Waals surface area (Å²) < 4.78 is 13.8. The molecule has 0 unspecified atom stereocenters. The molecule has 1 aromatic carbocycles. The van der Waals surface area contributed by atoms with E-state index < -0.39 is 23.2 Å². The highest BCUT2D eigenvalue weighted by molar-refractivity contribution is 5.95. The van der Waals surface area contributed by atoms with Crippen LogP contribution in [0.4, 0.5) is 4.39 Å². The van der Waals surface area contributed by atoms with Gasteiger partial charge in [-0.25, -0.2) is 9.18 Å². The van der Waals surface area contributed by atoms with Crippen molar-refractivity contribution in [1.82, 2.24) is 5.32 Å². The van der Waals surface area contributed by atoms with E-state index in [4.69, 9.17) is 5.11 Å². The van der Waals surface area contributed by atoms with Gasteiger partial charge >= 0.3 is 5.97 Å². The van der Waals surface area contributed by atoms with Crippen LogP contribution in [0.25, 0.3) is 6.08 Å². The number of rotatable bonds is 6. The molecule has 21 heavy (non-hydrogen) atoms. The van der Waals surface area contributed by atoms with Crippen LogP contribution in [0.3, 0.4) is 0 Å². The number of carbonyl (C=O) groups is 2. The molecule has 0 aromatic heterocycles. The van der Waals surface area contributed by atoms with Gasteiger partial charge in [-0.1, -0.05) is 19.4 Å². The number of benzene rings is 1. The Bertz CT molecular complexity index is 565. The molecule has 0 saturated heterocycles. The number of carboxylic acid groups (broad SMARTS) is 1. The van der Waals surface area contributed by atoms with E-state index in [1.54, 1.807) is 0 Å². The number of hydrogen-bond acceptors (Lipinski definition) is 2. The normalized spacial score (nSPS) is 11.6. The Morgan fingerprint density at radius 3 is 2.62 bits per heavy atom. The first-order valence-electron chi connectivity index (χ1n) is 6.78. The summed E-state index contributed by atoms with van der Waals surface area (Å²) in [6, 6.07) is 3.91. The molecule has 0 radical (unpaired) electrons. The Hall–Kier alpha value is -2.17. The minimum atomic E-state index is -1.10. The zero-order chi connectivity index (χ0) is 16.0. The number of hydrogen-bond donors (Lipinski definition) is 2. The van der Waals surface area contributed by atoms with Crippen molar-refractivity contribution in [2.24, 2.45) is 0 Å². The molecule has 0 bridgehead atoms. The van der Waals surface area contributed by atoms with E-state index in [0.717, 1.165) is 25.0 Å². The molecular formula is C16H20FNO3. The van der Waals surface area contributed by atoms with Crippen LogP contribution >= 0.6 is 0 Å². The van der Waals surface area contributed by atoms with Crippen molar-refractivity contribution in [3.8, 4) is 0 Å². The summed E-state index contributed by atoms with van der Waals surface area (Å²) in [4.78, 5) is 22.6. The number of amides is 1. The molecule has 0 saturated carbocycles. The van der Waals surface area contributed by atoms with Crippen molar-refractivity contribution in [1.29, 1.82) is 0 Å². The smallest absolute Gasteiger partial charge is 0.328 e. The standard InChI is InChI=1S/C16H20FNO3/c1-4-9-16(2,3)18-15(21)12-10-11(5-7-13(12)17)6-8-14(19)20/h5-8,10H,4,9H2,1-3H3,(H,18,21)(H,19,20)/b8-6+. The predicted molar refractivity (Wildman–Crippen MR) is 79.5 cm³/mol. The molecule has 0 heterocycles. The maximum Gasteiger partial charge on any atom is 0.328 e. The molecule has 0 aliphatic rings. The third-order valence-corrected chi connectivity index (χ3v) is 2.98.